The van der Waals surface area contributed by atoms with Crippen molar-refractivity contribution in [3.63, 3.8) is 0 Å². The molecule has 14 heteroatoms. The number of carbonyl (C=O) groups excluding carboxylic acids is 4. The van der Waals surface area contributed by atoms with Gasteiger partial charge in [0, 0.05) is 46.9 Å². The molecule has 2 aromatic heterocycles. The Hall–Kier alpha value is -4.91. The smallest absolute Gasteiger partial charge is 0.323 e. The normalized spacial score (nSPS) is 16.2. The quantitative estimate of drug-likeness (QED) is 0.254. The number of amides is 4. The van der Waals surface area contributed by atoms with E-state index in [1.807, 2.05) is 0 Å². The summed E-state index contributed by atoms with van der Waals surface area (Å²) in [6.45, 7) is 0.639. The second-order valence-electron chi connectivity index (χ2n) is 9.99. The van der Waals surface area contributed by atoms with Crippen LogP contribution in [0, 0.1) is 5.82 Å². The maximum absolute atomic E-state index is 14.5. The third-order valence-corrected chi connectivity index (χ3v) is 7.29. The summed E-state index contributed by atoms with van der Waals surface area (Å²) in [5.74, 6) is -2.09. The third kappa shape index (κ3) is 6.61. The highest BCUT2D eigenvalue weighted by Crippen LogP contribution is 2.27. The summed E-state index contributed by atoms with van der Waals surface area (Å²) in [5, 5.41) is 8.24. The van der Waals surface area contributed by atoms with Crippen LogP contribution in [0.25, 0.3) is 10.9 Å². The first-order valence-electron chi connectivity index (χ1n) is 13.2. The van der Waals surface area contributed by atoms with Crippen LogP contribution in [0.1, 0.15) is 29.3 Å². The lowest BCUT2D eigenvalue weighted by atomic mass is 10.1. The molecule has 3 N–H and O–H groups in total. The van der Waals surface area contributed by atoms with Gasteiger partial charge in [0.15, 0.2) is 5.78 Å². The van der Waals surface area contributed by atoms with Crippen molar-refractivity contribution < 1.29 is 28.0 Å². The summed E-state index contributed by atoms with van der Waals surface area (Å²) in [4.78, 5) is 60.0. The van der Waals surface area contributed by atoms with Gasteiger partial charge in [-0.25, -0.2) is 23.5 Å². The fraction of sp³-hybridized carbons (Fsp3) is 0.241. The molecule has 1 saturated heterocycles. The average molecular weight is 610 g/mol. The van der Waals surface area contributed by atoms with E-state index in [4.69, 9.17) is 11.6 Å². The molecule has 5 rings (SSSR count). The number of nitrogens with zero attached hydrogens (tertiary/aromatic N) is 4. The number of Topliss-reactive ketones (excluding diaryl/α,β-unsaturated/α-hetero) is 1. The van der Waals surface area contributed by atoms with Crippen LogP contribution < -0.4 is 16.0 Å². The van der Waals surface area contributed by atoms with Gasteiger partial charge in [-0.15, -0.1) is 0 Å². The molecule has 222 valence electrons. The number of rotatable bonds is 8. The Balaban J connectivity index is 1.31. The minimum atomic E-state index is -1.42. The Morgan fingerprint density at radius 1 is 1.07 bits per heavy atom. The number of hydrogen-bond donors (Lipinski definition) is 3. The molecule has 1 aliphatic rings. The first kappa shape index (κ1) is 29.6. The second-order valence-corrected chi connectivity index (χ2v) is 10.4. The van der Waals surface area contributed by atoms with Crippen LogP contribution in [0.5, 0.6) is 0 Å². The standard InChI is InChI=1S/C29H26ClF2N7O4/c1-16(40)22-13-38(24-6-5-19(8-21(22)24)36-29(43)37-20-10-33-15-34-11-20)14-26(41)39-12-18(31)7-25(39)28(42)35-9-17-3-2-4-23(30)27(17)32/h2-6,8,10-11,13,15,18,25H,7,9,12,14H2,1H3,(H,35,42)(H2,36,37,43)/t18-,25+/m1/s1. The van der Waals surface area contributed by atoms with Gasteiger partial charge in [-0.1, -0.05) is 23.7 Å². The first-order chi connectivity index (χ1) is 20.6. The molecule has 11 nitrogen and oxygen atoms in total. The van der Waals surface area contributed by atoms with E-state index in [9.17, 15) is 28.0 Å². The zero-order valence-corrected chi connectivity index (χ0v) is 23.6. The first-order valence-corrected chi connectivity index (χ1v) is 13.6. The number of urea groups is 1. The van der Waals surface area contributed by atoms with Gasteiger partial charge >= 0.3 is 6.03 Å². The molecular weight excluding hydrogens is 584 g/mol. The van der Waals surface area contributed by atoms with Crippen LogP contribution in [-0.2, 0) is 22.7 Å². The molecule has 0 saturated carbocycles. The van der Waals surface area contributed by atoms with E-state index in [2.05, 4.69) is 25.9 Å². The van der Waals surface area contributed by atoms with Crippen molar-refractivity contribution in [2.24, 2.45) is 0 Å². The molecule has 3 heterocycles. The van der Waals surface area contributed by atoms with Gasteiger partial charge in [-0.2, -0.15) is 0 Å². The van der Waals surface area contributed by atoms with Gasteiger partial charge in [0.2, 0.25) is 11.8 Å². The van der Waals surface area contributed by atoms with Crippen LogP contribution >= 0.6 is 11.6 Å². The largest absolute Gasteiger partial charge is 0.350 e. The van der Waals surface area contributed by atoms with E-state index < -0.39 is 35.9 Å². The number of alkyl halides is 1. The van der Waals surface area contributed by atoms with Gasteiger partial charge in [0.05, 0.1) is 29.6 Å². The number of nitrogens with one attached hydrogen (secondary N) is 3. The lowest BCUT2D eigenvalue weighted by Crippen LogP contribution is -2.46. The van der Waals surface area contributed by atoms with E-state index in [1.165, 1.54) is 44.0 Å². The van der Waals surface area contributed by atoms with Gasteiger partial charge in [0.25, 0.3) is 0 Å². The molecule has 1 fully saturated rings. The lowest BCUT2D eigenvalue weighted by molar-refractivity contribution is -0.139. The van der Waals surface area contributed by atoms with Crippen LogP contribution in [0.15, 0.2) is 61.3 Å². The Morgan fingerprint density at radius 2 is 1.81 bits per heavy atom. The van der Waals surface area contributed by atoms with Crippen molar-refractivity contribution in [2.75, 3.05) is 17.2 Å². The molecule has 43 heavy (non-hydrogen) atoms. The van der Waals surface area contributed by atoms with Crippen LogP contribution in [-0.4, -0.2) is 61.8 Å². The lowest BCUT2D eigenvalue weighted by Gasteiger charge is -2.24. The van der Waals surface area contributed by atoms with E-state index in [-0.39, 0.29) is 42.4 Å². The van der Waals surface area contributed by atoms with E-state index in [0.717, 1.165) is 4.90 Å². The molecule has 2 atom stereocenters. The summed E-state index contributed by atoms with van der Waals surface area (Å²) in [6.07, 6.45) is 4.08. The predicted octanol–water partition coefficient (Wildman–Crippen LogP) is 4.33. The molecule has 0 spiro atoms. The fourth-order valence-electron chi connectivity index (χ4n) is 4.97. The topological polar surface area (TPSA) is 138 Å². The molecule has 0 bridgehead atoms. The van der Waals surface area contributed by atoms with Crippen molar-refractivity contribution in [1.29, 1.82) is 0 Å². The Bertz CT molecular complexity index is 1720. The number of benzene rings is 2. The Kier molecular flexibility index (Phi) is 8.62. The molecule has 1 aliphatic heterocycles. The van der Waals surface area contributed by atoms with E-state index in [0.29, 0.717) is 27.8 Å². The van der Waals surface area contributed by atoms with Crippen LogP contribution in [0.4, 0.5) is 25.0 Å². The third-order valence-electron chi connectivity index (χ3n) is 7.00. The number of fused-ring (bicyclic) bond motifs is 1. The number of anilines is 2. The van der Waals surface area contributed by atoms with Gasteiger partial charge in [-0.3, -0.25) is 14.4 Å². The average Bonchev–Trinajstić information content (AvgIpc) is 3.54. The minimum Gasteiger partial charge on any atom is -0.350 e. The summed E-state index contributed by atoms with van der Waals surface area (Å²) < 4.78 is 30.2. The monoisotopic (exact) mass is 609 g/mol. The fourth-order valence-corrected chi connectivity index (χ4v) is 5.17. The highest BCUT2D eigenvalue weighted by Gasteiger charge is 2.39. The molecule has 2 aromatic carbocycles. The number of halogens is 3. The van der Waals surface area contributed by atoms with Crippen molar-refractivity contribution in [2.45, 2.75) is 38.6 Å². The maximum atomic E-state index is 14.5. The zero-order valence-electron chi connectivity index (χ0n) is 22.8. The number of carbonyl (C=O) groups is 4. The minimum absolute atomic E-state index is 0.0921. The highest BCUT2D eigenvalue weighted by atomic mass is 35.5. The van der Waals surface area contributed by atoms with Gasteiger partial charge < -0.3 is 25.4 Å². The highest BCUT2D eigenvalue weighted by molar-refractivity contribution is 6.30. The molecule has 0 unspecified atom stereocenters. The molecular formula is C29H26ClF2N7O4. The van der Waals surface area contributed by atoms with Crippen molar-refractivity contribution >= 4 is 57.5 Å². The number of likely N-dealkylation sites (tertiary alicyclic amines) is 1. The van der Waals surface area contributed by atoms with Gasteiger partial charge in [-0.05, 0) is 31.2 Å². The number of ketones is 1. The van der Waals surface area contributed by atoms with Crippen molar-refractivity contribution in [1.82, 2.24) is 24.8 Å². The van der Waals surface area contributed by atoms with E-state index >= 15 is 0 Å². The van der Waals surface area contributed by atoms with Crippen LogP contribution in [0.2, 0.25) is 5.02 Å². The molecule has 4 amide bonds. The molecule has 0 radical (unpaired) electrons. The summed E-state index contributed by atoms with van der Waals surface area (Å²) in [7, 11) is 0. The number of aromatic nitrogens is 3. The van der Waals surface area contributed by atoms with Crippen molar-refractivity contribution in [3.8, 4) is 0 Å². The van der Waals surface area contributed by atoms with Gasteiger partial charge in [0.1, 0.15) is 30.9 Å². The Labute approximate surface area is 249 Å². The van der Waals surface area contributed by atoms with Crippen molar-refractivity contribution in [3.05, 3.63) is 83.3 Å². The second kappa shape index (κ2) is 12.5. The summed E-state index contributed by atoms with van der Waals surface area (Å²) in [5.41, 5.74) is 1.77. The SMILES string of the molecule is CC(=O)c1cn(CC(=O)N2C[C@H](F)C[C@H]2C(=O)NCc2cccc(Cl)c2F)c2ccc(NC(=O)Nc3cncnc3)cc12. The maximum Gasteiger partial charge on any atom is 0.323 e. The molecule has 0 aliphatic carbocycles. The summed E-state index contributed by atoms with van der Waals surface area (Å²) in [6, 6.07) is 7.59. The molecule has 4 aromatic rings. The predicted molar refractivity (Wildman–Crippen MR) is 155 cm³/mol. The number of hydrogen-bond acceptors (Lipinski definition) is 6. The van der Waals surface area contributed by atoms with E-state index in [1.54, 1.807) is 28.8 Å². The Morgan fingerprint density at radius 3 is 2.56 bits per heavy atom. The summed E-state index contributed by atoms with van der Waals surface area (Å²) >= 11 is 5.80. The zero-order chi connectivity index (χ0) is 30.7. The van der Waals surface area contributed by atoms with Crippen LogP contribution in [0.3, 0.4) is 0 Å².